The first kappa shape index (κ1) is 19.5. The van der Waals surface area contributed by atoms with Crippen LogP contribution in [0.25, 0.3) is 0 Å². The van der Waals surface area contributed by atoms with Crippen molar-refractivity contribution >= 4 is 33.2 Å². The van der Waals surface area contributed by atoms with Crippen LogP contribution in [0.3, 0.4) is 0 Å². The summed E-state index contributed by atoms with van der Waals surface area (Å²) in [4.78, 5) is 30.6. The fraction of sp³-hybridized carbons (Fsp3) is 0.350. The highest BCUT2D eigenvalue weighted by Crippen LogP contribution is 2.28. The Bertz CT molecular complexity index is 1000. The van der Waals surface area contributed by atoms with Crippen molar-refractivity contribution in [2.75, 3.05) is 29.9 Å². The molecule has 0 saturated carbocycles. The number of rotatable bonds is 5. The van der Waals surface area contributed by atoms with Crippen molar-refractivity contribution in [2.45, 2.75) is 24.2 Å². The van der Waals surface area contributed by atoms with Crippen LogP contribution in [0.1, 0.15) is 19.3 Å². The summed E-state index contributed by atoms with van der Waals surface area (Å²) in [6.45, 7) is 1.34. The summed E-state index contributed by atoms with van der Waals surface area (Å²) in [6.07, 6.45) is 5.03. The maximum atomic E-state index is 12.6. The normalized spacial score (nSPS) is 20.2. The molecular formula is C20H22N4O4S. The number of pyridine rings is 1. The van der Waals surface area contributed by atoms with Crippen LogP contribution in [0, 0.1) is 5.92 Å². The fourth-order valence-electron chi connectivity index (χ4n) is 3.69. The topological polar surface area (TPSA) is 99.7 Å². The Balaban J connectivity index is 1.45. The monoisotopic (exact) mass is 414 g/mol. The van der Waals surface area contributed by atoms with Crippen molar-refractivity contribution in [3.05, 3.63) is 48.8 Å². The molecule has 2 aliphatic heterocycles. The minimum Gasteiger partial charge on any atom is -0.324 e. The molecule has 3 heterocycles. The second kappa shape index (κ2) is 7.92. The van der Waals surface area contributed by atoms with Crippen molar-refractivity contribution < 1.29 is 18.0 Å². The van der Waals surface area contributed by atoms with E-state index in [0.29, 0.717) is 24.5 Å². The van der Waals surface area contributed by atoms with E-state index in [2.05, 4.69) is 10.3 Å². The summed E-state index contributed by atoms with van der Waals surface area (Å²) in [7, 11) is -3.49. The lowest BCUT2D eigenvalue weighted by atomic mass is 10.1. The highest BCUT2D eigenvalue weighted by Gasteiger charge is 2.35. The van der Waals surface area contributed by atoms with Gasteiger partial charge in [0.2, 0.25) is 21.8 Å². The Kier molecular flexibility index (Phi) is 5.33. The van der Waals surface area contributed by atoms with Gasteiger partial charge in [-0.1, -0.05) is 0 Å². The summed E-state index contributed by atoms with van der Waals surface area (Å²) in [5, 5.41) is 2.77. The van der Waals surface area contributed by atoms with Crippen LogP contribution in [0.15, 0.2) is 53.7 Å². The Labute approximate surface area is 169 Å². The van der Waals surface area contributed by atoms with Crippen LogP contribution in [0.2, 0.25) is 0 Å². The quantitative estimate of drug-likeness (QED) is 0.805. The first-order chi connectivity index (χ1) is 13.9. The van der Waals surface area contributed by atoms with Gasteiger partial charge in [0.15, 0.2) is 0 Å². The number of nitrogens with one attached hydrogen (secondary N) is 1. The molecule has 2 fully saturated rings. The Morgan fingerprint density at radius 2 is 1.83 bits per heavy atom. The molecule has 9 heteroatoms. The maximum Gasteiger partial charge on any atom is 0.243 e. The predicted molar refractivity (Wildman–Crippen MR) is 108 cm³/mol. The van der Waals surface area contributed by atoms with Crippen LogP contribution in [-0.2, 0) is 19.6 Å². The molecule has 152 valence electrons. The molecule has 4 rings (SSSR count). The van der Waals surface area contributed by atoms with Gasteiger partial charge in [0.05, 0.1) is 22.7 Å². The van der Waals surface area contributed by atoms with Gasteiger partial charge < -0.3 is 10.2 Å². The average molecular weight is 414 g/mol. The molecule has 0 aliphatic carbocycles. The van der Waals surface area contributed by atoms with Gasteiger partial charge in [-0.15, -0.1) is 0 Å². The van der Waals surface area contributed by atoms with Crippen LogP contribution in [0.5, 0.6) is 0 Å². The molecule has 1 N–H and O–H groups in total. The number of amides is 2. The van der Waals surface area contributed by atoms with E-state index in [1.54, 1.807) is 36.7 Å². The Morgan fingerprint density at radius 1 is 1.10 bits per heavy atom. The van der Waals surface area contributed by atoms with Gasteiger partial charge in [-0.05, 0) is 49.2 Å². The summed E-state index contributed by atoms with van der Waals surface area (Å²) in [5.41, 5.74) is 1.17. The first-order valence-electron chi connectivity index (χ1n) is 9.56. The van der Waals surface area contributed by atoms with Crippen LogP contribution < -0.4 is 10.2 Å². The molecule has 0 unspecified atom stereocenters. The molecule has 2 saturated heterocycles. The Hall–Kier alpha value is -2.78. The zero-order valence-corrected chi connectivity index (χ0v) is 16.6. The predicted octanol–water partition coefficient (Wildman–Crippen LogP) is 1.86. The van der Waals surface area contributed by atoms with E-state index in [4.69, 9.17) is 0 Å². The zero-order valence-electron chi connectivity index (χ0n) is 15.8. The SMILES string of the molecule is O=C(Nc1cccnc1)[C@@H]1CC(=O)N(c2ccc(S(=O)(=O)N3CCCC3)cc2)C1. The number of hydrogen-bond donors (Lipinski definition) is 1. The molecule has 2 aliphatic rings. The van der Waals surface area contributed by atoms with Gasteiger partial charge in [-0.3, -0.25) is 14.6 Å². The minimum absolute atomic E-state index is 0.111. The number of carbonyl (C=O) groups is 2. The molecule has 2 aromatic rings. The second-order valence-corrected chi connectivity index (χ2v) is 9.18. The number of carbonyl (C=O) groups excluding carboxylic acids is 2. The lowest BCUT2D eigenvalue weighted by Gasteiger charge is -2.19. The number of anilines is 2. The van der Waals surface area contributed by atoms with Gasteiger partial charge in [0, 0.05) is 37.9 Å². The molecule has 0 radical (unpaired) electrons. The lowest BCUT2D eigenvalue weighted by Crippen LogP contribution is -2.29. The Morgan fingerprint density at radius 3 is 2.48 bits per heavy atom. The number of benzene rings is 1. The third kappa shape index (κ3) is 4.01. The van der Waals surface area contributed by atoms with Crippen molar-refractivity contribution in [1.82, 2.24) is 9.29 Å². The summed E-state index contributed by atoms with van der Waals surface area (Å²) >= 11 is 0. The van der Waals surface area contributed by atoms with Crippen molar-refractivity contribution in [2.24, 2.45) is 5.92 Å². The molecule has 1 aromatic carbocycles. The third-order valence-corrected chi connectivity index (χ3v) is 7.19. The van der Waals surface area contributed by atoms with E-state index in [9.17, 15) is 18.0 Å². The first-order valence-corrected chi connectivity index (χ1v) is 11.0. The minimum atomic E-state index is -3.49. The summed E-state index contributed by atoms with van der Waals surface area (Å²) < 4.78 is 26.8. The molecular weight excluding hydrogens is 392 g/mol. The number of aromatic nitrogens is 1. The van der Waals surface area contributed by atoms with E-state index in [0.717, 1.165) is 12.8 Å². The fourth-order valence-corrected chi connectivity index (χ4v) is 5.21. The van der Waals surface area contributed by atoms with E-state index < -0.39 is 15.9 Å². The van der Waals surface area contributed by atoms with Crippen LogP contribution in [0.4, 0.5) is 11.4 Å². The van der Waals surface area contributed by atoms with Crippen LogP contribution >= 0.6 is 0 Å². The lowest BCUT2D eigenvalue weighted by molar-refractivity contribution is -0.122. The largest absolute Gasteiger partial charge is 0.324 e. The van der Waals surface area contributed by atoms with Gasteiger partial charge in [-0.25, -0.2) is 8.42 Å². The molecule has 0 spiro atoms. The molecule has 1 aromatic heterocycles. The van der Waals surface area contributed by atoms with Gasteiger partial charge in [0.1, 0.15) is 0 Å². The summed E-state index contributed by atoms with van der Waals surface area (Å²) in [5.74, 6) is -0.871. The molecule has 8 nitrogen and oxygen atoms in total. The van der Waals surface area contributed by atoms with Crippen LogP contribution in [-0.4, -0.2) is 49.2 Å². The van der Waals surface area contributed by atoms with E-state index >= 15 is 0 Å². The third-order valence-electron chi connectivity index (χ3n) is 5.28. The standard InChI is InChI=1S/C20H22N4O4S/c25-19-12-15(20(26)22-16-4-3-9-21-13-16)14-24(19)17-5-7-18(8-6-17)29(27,28)23-10-1-2-11-23/h3-9,13,15H,1-2,10-12,14H2,(H,22,26)/t15-/m1/s1. The van der Waals surface area contributed by atoms with Gasteiger partial charge in [0.25, 0.3) is 0 Å². The molecule has 1 atom stereocenters. The second-order valence-electron chi connectivity index (χ2n) is 7.24. The summed E-state index contributed by atoms with van der Waals surface area (Å²) in [6, 6.07) is 9.77. The van der Waals surface area contributed by atoms with Gasteiger partial charge in [-0.2, -0.15) is 4.31 Å². The van der Waals surface area contributed by atoms with Crippen molar-refractivity contribution in [1.29, 1.82) is 0 Å². The highest BCUT2D eigenvalue weighted by molar-refractivity contribution is 7.89. The number of hydrogen-bond acceptors (Lipinski definition) is 5. The molecule has 29 heavy (non-hydrogen) atoms. The average Bonchev–Trinajstić information content (AvgIpc) is 3.39. The van der Waals surface area contributed by atoms with E-state index in [-0.39, 0.29) is 29.7 Å². The number of sulfonamides is 1. The maximum absolute atomic E-state index is 12.6. The van der Waals surface area contributed by atoms with Crippen molar-refractivity contribution in [3.63, 3.8) is 0 Å². The highest BCUT2D eigenvalue weighted by atomic mass is 32.2. The van der Waals surface area contributed by atoms with E-state index in [1.165, 1.54) is 21.3 Å². The van der Waals surface area contributed by atoms with E-state index in [1.807, 2.05) is 0 Å². The zero-order chi connectivity index (χ0) is 20.4. The number of nitrogens with zero attached hydrogens (tertiary/aromatic N) is 3. The van der Waals surface area contributed by atoms with Gasteiger partial charge >= 0.3 is 0 Å². The van der Waals surface area contributed by atoms with Crippen molar-refractivity contribution in [3.8, 4) is 0 Å². The smallest absolute Gasteiger partial charge is 0.243 e. The molecule has 2 amide bonds. The molecule has 0 bridgehead atoms.